The maximum atomic E-state index is 12.3. The number of hydrogen-bond acceptors (Lipinski definition) is 3. The lowest BCUT2D eigenvalue weighted by atomic mass is 10.1. The molecule has 0 saturated carbocycles. The molecule has 22 heavy (non-hydrogen) atoms. The molecule has 2 amide bonds. The molecule has 122 valence electrons. The number of urea groups is 1. The lowest BCUT2D eigenvalue weighted by Crippen LogP contribution is -2.43. The molecule has 0 fully saturated rings. The third-order valence-corrected chi connectivity index (χ3v) is 3.64. The van der Waals surface area contributed by atoms with Crippen LogP contribution in [0.2, 0.25) is 0 Å². The normalized spacial score (nSPS) is 15.5. The molecule has 0 bridgehead atoms. The van der Waals surface area contributed by atoms with Crippen LogP contribution in [-0.2, 0) is 6.42 Å². The Labute approximate surface area is 126 Å². The number of carbonyl (C=O) groups is 1. The number of carbonyl (C=O) groups excluding carboxylic acids is 1. The Morgan fingerprint density at radius 3 is 2.82 bits per heavy atom. The highest BCUT2D eigenvalue weighted by atomic mass is 19.4. The van der Waals surface area contributed by atoms with Gasteiger partial charge in [0.2, 0.25) is 0 Å². The first-order chi connectivity index (χ1) is 10.2. The number of nitrogens with one attached hydrogen (secondary N) is 1. The Morgan fingerprint density at radius 2 is 2.18 bits per heavy atom. The first-order valence-corrected chi connectivity index (χ1v) is 6.79. The van der Waals surface area contributed by atoms with Crippen molar-refractivity contribution >= 4 is 17.4 Å². The summed E-state index contributed by atoms with van der Waals surface area (Å²) in [6.45, 7) is 0.0740. The van der Waals surface area contributed by atoms with Crippen molar-refractivity contribution in [1.82, 2.24) is 4.90 Å². The van der Waals surface area contributed by atoms with E-state index in [-0.39, 0.29) is 0 Å². The fraction of sp³-hybridized carbons (Fsp3) is 0.500. The highest BCUT2D eigenvalue weighted by molar-refractivity contribution is 5.90. The average molecular weight is 317 g/mol. The van der Waals surface area contributed by atoms with Crippen molar-refractivity contribution < 1.29 is 23.1 Å². The van der Waals surface area contributed by atoms with Crippen LogP contribution in [0.25, 0.3) is 0 Å². The smallest absolute Gasteiger partial charge is 0.382 e. The highest BCUT2D eigenvalue weighted by Crippen LogP contribution is 2.29. The first-order valence-electron chi connectivity index (χ1n) is 6.79. The summed E-state index contributed by atoms with van der Waals surface area (Å²) >= 11 is 0. The van der Waals surface area contributed by atoms with Gasteiger partial charge in [-0.15, -0.1) is 0 Å². The second-order valence-corrected chi connectivity index (χ2v) is 5.38. The van der Waals surface area contributed by atoms with Gasteiger partial charge in [-0.3, -0.25) is 0 Å². The van der Waals surface area contributed by atoms with E-state index in [0.29, 0.717) is 5.69 Å². The van der Waals surface area contributed by atoms with E-state index in [1.165, 1.54) is 12.6 Å². The van der Waals surface area contributed by atoms with E-state index >= 15 is 0 Å². The predicted molar refractivity (Wildman–Crippen MR) is 77.1 cm³/mol. The maximum absolute atomic E-state index is 12.3. The molecule has 0 saturated heterocycles. The second-order valence-electron chi connectivity index (χ2n) is 5.38. The van der Waals surface area contributed by atoms with Gasteiger partial charge in [0.1, 0.15) is 0 Å². The number of anilines is 2. The Balaban J connectivity index is 1.99. The summed E-state index contributed by atoms with van der Waals surface area (Å²) in [5.41, 5.74) is 2.67. The summed E-state index contributed by atoms with van der Waals surface area (Å²) < 4.78 is 36.8. The summed E-state index contributed by atoms with van der Waals surface area (Å²) in [4.78, 5) is 14.7. The minimum atomic E-state index is -4.75. The van der Waals surface area contributed by atoms with Gasteiger partial charge in [-0.05, 0) is 24.1 Å². The number of amides is 2. The second kappa shape index (κ2) is 6.04. The molecule has 1 unspecified atom stereocenters. The van der Waals surface area contributed by atoms with Crippen LogP contribution in [0.3, 0.4) is 0 Å². The number of aliphatic hydroxyl groups excluding tert-OH is 1. The zero-order chi connectivity index (χ0) is 16.5. The van der Waals surface area contributed by atoms with Crippen molar-refractivity contribution in [3.05, 3.63) is 23.8 Å². The van der Waals surface area contributed by atoms with Crippen molar-refractivity contribution in [3.8, 4) is 0 Å². The largest absolute Gasteiger partial charge is 0.416 e. The summed E-state index contributed by atoms with van der Waals surface area (Å²) in [7, 11) is 3.13. The Kier molecular flexibility index (Phi) is 4.50. The molecule has 1 heterocycles. The van der Waals surface area contributed by atoms with Gasteiger partial charge in [0.25, 0.3) is 0 Å². The van der Waals surface area contributed by atoms with E-state index in [9.17, 15) is 18.0 Å². The molecule has 0 aromatic heterocycles. The minimum absolute atomic E-state index is 0.505. The van der Waals surface area contributed by atoms with Gasteiger partial charge in [-0.2, -0.15) is 13.2 Å². The molecule has 1 aliphatic heterocycles. The number of nitrogens with zero attached hydrogens (tertiary/aromatic N) is 2. The zero-order valence-corrected chi connectivity index (χ0v) is 12.3. The van der Waals surface area contributed by atoms with Crippen LogP contribution in [0.15, 0.2) is 18.2 Å². The van der Waals surface area contributed by atoms with E-state index in [0.717, 1.165) is 23.6 Å². The van der Waals surface area contributed by atoms with E-state index in [2.05, 4.69) is 5.32 Å². The fourth-order valence-electron chi connectivity index (χ4n) is 2.28. The third kappa shape index (κ3) is 3.62. The summed E-state index contributed by atoms with van der Waals surface area (Å²) in [5.74, 6) is 0. The molecule has 0 spiro atoms. The highest BCUT2D eigenvalue weighted by Gasteiger charge is 2.39. The molecule has 1 atom stereocenters. The van der Waals surface area contributed by atoms with Crippen LogP contribution in [-0.4, -0.2) is 55.5 Å². The standard InChI is InChI=1S/C14H18F3N3O2/c1-19-6-5-9-3-4-10(7-11(9)19)18-13(22)20(2)8-12(21)14(15,16)17/h3-4,7,12,21H,5-6,8H2,1-2H3,(H,18,22). The minimum Gasteiger partial charge on any atom is -0.382 e. The summed E-state index contributed by atoms with van der Waals surface area (Å²) in [6.07, 6.45) is -6.38. The molecule has 1 aromatic carbocycles. The summed E-state index contributed by atoms with van der Waals surface area (Å²) in [5, 5.41) is 11.5. The van der Waals surface area contributed by atoms with Crippen molar-refractivity contribution in [2.24, 2.45) is 0 Å². The maximum Gasteiger partial charge on any atom is 0.416 e. The van der Waals surface area contributed by atoms with Gasteiger partial charge < -0.3 is 20.2 Å². The molecular weight excluding hydrogens is 299 g/mol. The van der Waals surface area contributed by atoms with Crippen LogP contribution in [0, 0.1) is 0 Å². The number of hydrogen-bond donors (Lipinski definition) is 2. The van der Waals surface area contributed by atoms with Gasteiger partial charge in [0.15, 0.2) is 6.10 Å². The fourth-order valence-corrected chi connectivity index (χ4v) is 2.28. The number of fused-ring (bicyclic) bond motifs is 1. The molecule has 5 nitrogen and oxygen atoms in total. The molecule has 0 aliphatic carbocycles. The SMILES string of the molecule is CN(CC(O)C(F)(F)F)C(=O)Nc1ccc2c(c1)N(C)CC2. The van der Waals surface area contributed by atoms with Gasteiger partial charge in [-0.25, -0.2) is 4.79 Å². The van der Waals surface area contributed by atoms with Crippen LogP contribution in [0.4, 0.5) is 29.3 Å². The molecular formula is C14H18F3N3O2. The molecule has 2 N–H and O–H groups in total. The Morgan fingerprint density at radius 1 is 1.50 bits per heavy atom. The third-order valence-electron chi connectivity index (χ3n) is 3.64. The Hall–Kier alpha value is -1.96. The Bertz CT molecular complexity index is 563. The number of benzene rings is 1. The van der Waals surface area contributed by atoms with Crippen molar-refractivity contribution in [1.29, 1.82) is 0 Å². The van der Waals surface area contributed by atoms with Gasteiger partial charge in [-0.1, -0.05) is 6.07 Å². The summed E-state index contributed by atoms with van der Waals surface area (Å²) in [6, 6.07) is 4.68. The van der Waals surface area contributed by atoms with E-state index in [4.69, 9.17) is 5.11 Å². The lowest BCUT2D eigenvalue weighted by Gasteiger charge is -2.23. The number of rotatable bonds is 3. The van der Waals surface area contributed by atoms with Crippen LogP contribution < -0.4 is 10.2 Å². The zero-order valence-electron chi connectivity index (χ0n) is 12.3. The van der Waals surface area contributed by atoms with Crippen LogP contribution >= 0.6 is 0 Å². The number of halogens is 3. The number of likely N-dealkylation sites (N-methyl/N-ethyl adjacent to an activating group) is 2. The molecule has 1 aliphatic rings. The molecule has 2 rings (SSSR count). The van der Waals surface area contributed by atoms with E-state index < -0.39 is 24.9 Å². The van der Waals surface area contributed by atoms with Crippen molar-refractivity contribution in [3.63, 3.8) is 0 Å². The van der Waals surface area contributed by atoms with Crippen LogP contribution in [0.5, 0.6) is 0 Å². The van der Waals surface area contributed by atoms with E-state index in [1.54, 1.807) is 12.1 Å². The topological polar surface area (TPSA) is 55.8 Å². The lowest BCUT2D eigenvalue weighted by molar-refractivity contribution is -0.205. The molecule has 1 aromatic rings. The van der Waals surface area contributed by atoms with Crippen LogP contribution in [0.1, 0.15) is 5.56 Å². The molecule has 8 heteroatoms. The predicted octanol–water partition coefficient (Wildman–Crippen LogP) is 2.07. The average Bonchev–Trinajstić information content (AvgIpc) is 2.79. The molecule has 0 radical (unpaired) electrons. The number of aliphatic hydroxyl groups is 1. The first kappa shape index (κ1) is 16.4. The van der Waals surface area contributed by atoms with Crippen molar-refractivity contribution in [2.45, 2.75) is 18.7 Å². The quantitative estimate of drug-likeness (QED) is 0.897. The monoisotopic (exact) mass is 317 g/mol. The van der Waals surface area contributed by atoms with Gasteiger partial charge in [0.05, 0.1) is 6.54 Å². The van der Waals surface area contributed by atoms with E-state index in [1.807, 2.05) is 18.0 Å². The number of alkyl halides is 3. The van der Waals surface area contributed by atoms with Gasteiger partial charge in [0, 0.05) is 32.0 Å². The van der Waals surface area contributed by atoms with Gasteiger partial charge >= 0.3 is 12.2 Å². The van der Waals surface area contributed by atoms with Crippen molar-refractivity contribution in [2.75, 3.05) is 37.4 Å².